The van der Waals surface area contributed by atoms with Crippen LogP contribution in [-0.4, -0.2) is 104 Å². The van der Waals surface area contributed by atoms with Gasteiger partial charge in [0.05, 0.1) is 13.2 Å². The van der Waals surface area contributed by atoms with Gasteiger partial charge in [0.25, 0.3) is 0 Å². The van der Waals surface area contributed by atoms with Gasteiger partial charge in [-0.3, -0.25) is 24.2 Å². The second-order valence-corrected chi connectivity index (χ2v) is 8.90. The van der Waals surface area contributed by atoms with E-state index in [9.17, 15) is 24.0 Å². The number of esters is 4. The molecule has 0 aliphatic carbocycles. The summed E-state index contributed by atoms with van der Waals surface area (Å²) in [7, 11) is 1.61. The highest BCUT2D eigenvalue weighted by Gasteiger charge is 2.52. The third-order valence-electron chi connectivity index (χ3n) is 5.49. The summed E-state index contributed by atoms with van der Waals surface area (Å²) in [5.41, 5.74) is 0.848. The fourth-order valence-corrected chi connectivity index (χ4v) is 3.77. The quantitative estimate of drug-likeness (QED) is 0.189. The molecule has 0 saturated carbocycles. The predicted octanol–water partition coefficient (Wildman–Crippen LogP) is 1.18. The Bertz CT molecular complexity index is 1000. The van der Waals surface area contributed by atoms with Gasteiger partial charge in [0.2, 0.25) is 0 Å². The van der Waals surface area contributed by atoms with Crippen LogP contribution in [0.25, 0.3) is 0 Å². The van der Waals surface area contributed by atoms with E-state index in [4.69, 9.17) is 33.2 Å². The van der Waals surface area contributed by atoms with Crippen LogP contribution in [0.4, 0.5) is 4.79 Å². The van der Waals surface area contributed by atoms with Crippen LogP contribution in [0.5, 0.6) is 0 Å². The summed E-state index contributed by atoms with van der Waals surface area (Å²) >= 11 is 0. The van der Waals surface area contributed by atoms with Crippen LogP contribution in [0.1, 0.15) is 39.8 Å². The van der Waals surface area contributed by atoms with Gasteiger partial charge in [0.15, 0.2) is 24.6 Å². The average Bonchev–Trinajstić information content (AvgIpc) is 2.88. The summed E-state index contributed by atoms with van der Waals surface area (Å²) in [4.78, 5) is 64.8. The van der Waals surface area contributed by atoms with Crippen LogP contribution in [0.2, 0.25) is 0 Å². The van der Waals surface area contributed by atoms with Crippen LogP contribution < -0.4 is 0 Å². The third kappa shape index (κ3) is 11.1. The summed E-state index contributed by atoms with van der Waals surface area (Å²) in [6.07, 6.45) is -4.35. The van der Waals surface area contributed by atoms with Gasteiger partial charge >= 0.3 is 30.0 Å². The molecular weight excluding hydrogens is 532 g/mol. The molecule has 0 aromatic carbocycles. The fourth-order valence-electron chi connectivity index (χ4n) is 3.77. The molecule has 40 heavy (non-hydrogen) atoms. The van der Waals surface area contributed by atoms with Crippen LogP contribution in [-0.2, 0) is 58.8 Å². The van der Waals surface area contributed by atoms with Crippen LogP contribution >= 0.6 is 0 Å². The minimum absolute atomic E-state index is 0.0119. The van der Waals surface area contributed by atoms with Crippen molar-refractivity contribution >= 4 is 30.0 Å². The Morgan fingerprint density at radius 1 is 0.850 bits per heavy atom. The molecule has 1 aliphatic heterocycles. The first-order chi connectivity index (χ1) is 19.0. The van der Waals surface area contributed by atoms with Gasteiger partial charge in [-0.15, -0.1) is 0 Å². The van der Waals surface area contributed by atoms with Crippen molar-refractivity contribution in [2.75, 3.05) is 33.4 Å². The summed E-state index contributed by atoms with van der Waals surface area (Å²) < 4.78 is 37.9. The van der Waals surface area contributed by atoms with Gasteiger partial charge < -0.3 is 38.1 Å². The standard InChI is InChI=1S/C26H36N2O12/c1-16(29)36-15-21-22(37-17(2)30)23(38-18(3)31)24(39-19(4)32)25(40-21)34-13-8-14-35-26(33)28(5)12-10-20-9-6-7-11-27-20/h6-7,9,11,21-25H,8,10,12-15H2,1-5H3/t21-,22-,23+,24-,25-/m1/s1. The Morgan fingerprint density at radius 2 is 1.50 bits per heavy atom. The first-order valence-electron chi connectivity index (χ1n) is 12.7. The topological polar surface area (TPSA) is 166 Å². The van der Waals surface area contributed by atoms with Gasteiger partial charge in [0.1, 0.15) is 12.7 Å². The van der Waals surface area contributed by atoms with E-state index in [0.29, 0.717) is 13.0 Å². The summed E-state index contributed by atoms with van der Waals surface area (Å²) in [5.74, 6) is -2.83. The fraction of sp³-hybridized carbons (Fsp3) is 0.615. The zero-order chi connectivity index (χ0) is 29.7. The van der Waals surface area contributed by atoms with Crippen LogP contribution in [0.15, 0.2) is 24.4 Å². The van der Waals surface area contributed by atoms with E-state index < -0.39 is 60.7 Å². The third-order valence-corrected chi connectivity index (χ3v) is 5.49. The lowest BCUT2D eigenvalue weighted by Gasteiger charge is -2.44. The Labute approximate surface area is 232 Å². The van der Waals surface area contributed by atoms with Crippen molar-refractivity contribution < 1.29 is 57.1 Å². The first kappa shape index (κ1) is 32.4. The second-order valence-electron chi connectivity index (χ2n) is 8.90. The van der Waals surface area contributed by atoms with Gasteiger partial charge in [-0.25, -0.2) is 4.79 Å². The summed E-state index contributed by atoms with van der Waals surface area (Å²) in [6.45, 7) is 4.63. The number of carbonyl (C=O) groups excluding carboxylic acids is 5. The maximum Gasteiger partial charge on any atom is 0.409 e. The Hall–Kier alpha value is -3.78. The Kier molecular flexibility index (Phi) is 13.3. The van der Waals surface area contributed by atoms with Crippen molar-refractivity contribution in [3.8, 4) is 0 Å². The van der Waals surface area contributed by atoms with E-state index >= 15 is 0 Å². The van der Waals surface area contributed by atoms with Crippen molar-refractivity contribution in [3.05, 3.63) is 30.1 Å². The van der Waals surface area contributed by atoms with E-state index in [1.54, 1.807) is 13.2 Å². The minimum Gasteiger partial charge on any atom is -0.463 e. The molecular formula is C26H36N2O12. The van der Waals surface area contributed by atoms with Gasteiger partial charge in [-0.2, -0.15) is 0 Å². The lowest BCUT2D eigenvalue weighted by molar-refractivity contribution is -0.308. The van der Waals surface area contributed by atoms with E-state index in [2.05, 4.69) is 4.98 Å². The number of amides is 1. The highest BCUT2D eigenvalue weighted by atomic mass is 16.7. The highest BCUT2D eigenvalue weighted by molar-refractivity contribution is 5.69. The normalized spacial score (nSPS) is 22.0. The molecule has 1 saturated heterocycles. The lowest BCUT2D eigenvalue weighted by atomic mass is 9.98. The summed E-state index contributed by atoms with van der Waals surface area (Å²) in [5, 5.41) is 0. The number of likely N-dealkylation sites (N-methyl/N-ethyl adjacent to an activating group) is 1. The SMILES string of the molecule is CC(=O)OC[C@H]1O[C@@H](OCCCOC(=O)N(C)CCc2ccccn2)[C@H](OC(C)=O)[C@@H](OC(C)=O)[C@@H]1OC(C)=O. The molecule has 0 unspecified atom stereocenters. The Balaban J connectivity index is 2.00. The molecule has 0 spiro atoms. The van der Waals surface area contributed by atoms with E-state index in [1.165, 1.54) is 11.8 Å². The zero-order valence-electron chi connectivity index (χ0n) is 23.2. The van der Waals surface area contributed by atoms with Crippen LogP contribution in [0.3, 0.4) is 0 Å². The first-order valence-corrected chi connectivity index (χ1v) is 12.7. The molecule has 1 aromatic heterocycles. The van der Waals surface area contributed by atoms with Crippen molar-refractivity contribution in [1.82, 2.24) is 9.88 Å². The molecule has 0 N–H and O–H groups in total. The highest BCUT2D eigenvalue weighted by Crippen LogP contribution is 2.30. The average molecular weight is 569 g/mol. The number of hydrogen-bond donors (Lipinski definition) is 0. The number of carbonyl (C=O) groups is 5. The molecule has 1 amide bonds. The second kappa shape index (κ2) is 16.4. The maximum atomic E-state index is 12.3. The minimum atomic E-state index is -1.32. The van der Waals surface area contributed by atoms with Crippen molar-refractivity contribution in [2.45, 2.75) is 71.2 Å². The molecule has 0 radical (unpaired) electrons. The number of nitrogens with zero attached hydrogens (tertiary/aromatic N) is 2. The number of hydrogen-bond acceptors (Lipinski definition) is 13. The molecule has 5 atom stereocenters. The number of ether oxygens (including phenoxy) is 7. The van der Waals surface area contributed by atoms with Gasteiger partial charge in [-0.05, 0) is 12.1 Å². The van der Waals surface area contributed by atoms with Gasteiger partial charge in [0, 0.05) is 66.0 Å². The molecule has 222 valence electrons. The number of rotatable bonds is 13. The largest absolute Gasteiger partial charge is 0.463 e. The van der Waals surface area contributed by atoms with Crippen molar-refractivity contribution in [2.24, 2.45) is 0 Å². The number of aromatic nitrogens is 1. The summed E-state index contributed by atoms with van der Waals surface area (Å²) in [6, 6.07) is 5.54. The molecule has 1 fully saturated rings. The molecule has 1 aliphatic rings. The zero-order valence-corrected chi connectivity index (χ0v) is 23.2. The molecule has 2 rings (SSSR count). The molecule has 0 bridgehead atoms. The lowest BCUT2D eigenvalue weighted by Crippen LogP contribution is -2.63. The van der Waals surface area contributed by atoms with E-state index in [1.807, 2.05) is 18.2 Å². The predicted molar refractivity (Wildman–Crippen MR) is 134 cm³/mol. The molecule has 14 heteroatoms. The molecule has 1 aromatic rings. The van der Waals surface area contributed by atoms with Gasteiger partial charge in [-0.1, -0.05) is 6.07 Å². The van der Waals surface area contributed by atoms with E-state index in [0.717, 1.165) is 26.5 Å². The Morgan fingerprint density at radius 3 is 2.10 bits per heavy atom. The molecule has 14 nitrogen and oxygen atoms in total. The molecule has 2 heterocycles. The monoisotopic (exact) mass is 568 g/mol. The van der Waals surface area contributed by atoms with Crippen molar-refractivity contribution in [3.63, 3.8) is 0 Å². The van der Waals surface area contributed by atoms with Crippen LogP contribution in [0, 0.1) is 0 Å². The number of pyridine rings is 1. The van der Waals surface area contributed by atoms with E-state index in [-0.39, 0.29) is 26.2 Å². The smallest absolute Gasteiger partial charge is 0.409 e. The maximum absolute atomic E-state index is 12.3. The van der Waals surface area contributed by atoms with Crippen molar-refractivity contribution in [1.29, 1.82) is 0 Å².